The molecule has 0 atom stereocenters. The number of benzene rings is 3. The summed E-state index contributed by atoms with van der Waals surface area (Å²) in [6.07, 6.45) is 0. The number of hydrogen-bond acceptors (Lipinski definition) is 6. The second kappa shape index (κ2) is 9.83. The van der Waals surface area contributed by atoms with Crippen molar-refractivity contribution in [3.05, 3.63) is 98.8 Å². The van der Waals surface area contributed by atoms with Crippen molar-refractivity contribution in [2.75, 3.05) is 13.2 Å². The lowest BCUT2D eigenvalue weighted by atomic mass is 10.0. The van der Waals surface area contributed by atoms with Gasteiger partial charge in [0.15, 0.2) is 12.4 Å². The normalized spacial score (nSPS) is 10.7. The van der Waals surface area contributed by atoms with Crippen molar-refractivity contribution < 1.29 is 23.5 Å². The van der Waals surface area contributed by atoms with Gasteiger partial charge in [0.1, 0.15) is 11.3 Å². The fraction of sp³-hybridized carbons (Fsp3) is 0.115. The summed E-state index contributed by atoms with van der Waals surface area (Å²) in [5, 5.41) is 0.280. The van der Waals surface area contributed by atoms with Gasteiger partial charge in [-0.15, -0.1) is 0 Å². The predicted octanol–water partition coefficient (Wildman–Crippen LogP) is 5.66. The molecule has 1 heterocycles. The van der Waals surface area contributed by atoms with E-state index in [1.807, 2.05) is 6.07 Å². The fourth-order valence-corrected chi connectivity index (χ4v) is 3.60. The number of fused-ring (bicyclic) bond motifs is 1. The third-order valence-corrected chi connectivity index (χ3v) is 5.45. The Kier molecular flexibility index (Phi) is 6.70. The Labute approximate surface area is 197 Å². The molecule has 166 valence electrons. The Morgan fingerprint density at radius 3 is 2.39 bits per heavy atom. The van der Waals surface area contributed by atoms with Crippen LogP contribution in [0.15, 0.2) is 86.5 Å². The van der Waals surface area contributed by atoms with E-state index in [2.05, 4.69) is 15.9 Å². The number of esters is 1. The number of Topliss-reactive ketones (excluding diaryl/α,β-unsaturated/α-hetero) is 1. The Morgan fingerprint density at radius 2 is 1.70 bits per heavy atom. The summed E-state index contributed by atoms with van der Waals surface area (Å²) in [5.41, 5.74) is 0.989. The van der Waals surface area contributed by atoms with Gasteiger partial charge in [0.25, 0.3) is 0 Å². The molecule has 0 saturated carbocycles. The highest BCUT2D eigenvalue weighted by molar-refractivity contribution is 9.10. The van der Waals surface area contributed by atoms with Crippen LogP contribution in [0.5, 0.6) is 5.75 Å². The maximum absolute atomic E-state index is 13.3. The molecular formula is C26H19BrO6. The van der Waals surface area contributed by atoms with Crippen LogP contribution in [0.1, 0.15) is 27.8 Å². The maximum atomic E-state index is 13.3. The lowest BCUT2D eigenvalue weighted by Crippen LogP contribution is -2.15. The van der Waals surface area contributed by atoms with Crippen LogP contribution < -0.4 is 10.2 Å². The highest BCUT2D eigenvalue weighted by atomic mass is 79.9. The number of ketones is 1. The van der Waals surface area contributed by atoms with Crippen LogP contribution in [0.25, 0.3) is 22.1 Å². The molecule has 0 aliphatic rings. The van der Waals surface area contributed by atoms with Crippen molar-refractivity contribution in [2.24, 2.45) is 0 Å². The van der Waals surface area contributed by atoms with Gasteiger partial charge in [0, 0.05) is 16.1 Å². The smallest absolute Gasteiger partial charge is 0.375 e. The van der Waals surface area contributed by atoms with Crippen molar-refractivity contribution in [3.8, 4) is 16.9 Å². The minimum absolute atomic E-state index is 0.126. The first-order valence-corrected chi connectivity index (χ1v) is 11.0. The van der Waals surface area contributed by atoms with Crippen LogP contribution >= 0.6 is 15.9 Å². The van der Waals surface area contributed by atoms with Crippen LogP contribution in [0.2, 0.25) is 0 Å². The molecule has 0 unspecified atom stereocenters. The number of hydrogen-bond donors (Lipinski definition) is 0. The van der Waals surface area contributed by atoms with E-state index >= 15 is 0 Å². The molecule has 7 heteroatoms. The van der Waals surface area contributed by atoms with E-state index in [1.165, 1.54) is 6.07 Å². The number of carbonyl (C=O) groups is 2. The Morgan fingerprint density at radius 1 is 0.970 bits per heavy atom. The number of ether oxygens (including phenoxy) is 2. The molecular weight excluding hydrogens is 488 g/mol. The molecule has 3 aromatic carbocycles. The van der Waals surface area contributed by atoms with Gasteiger partial charge in [-0.05, 0) is 36.8 Å². The zero-order valence-electron chi connectivity index (χ0n) is 17.7. The van der Waals surface area contributed by atoms with Crippen molar-refractivity contribution >= 4 is 38.7 Å². The minimum Gasteiger partial charge on any atom is -0.485 e. The van der Waals surface area contributed by atoms with E-state index in [-0.39, 0.29) is 46.7 Å². The van der Waals surface area contributed by atoms with Crippen LogP contribution in [-0.2, 0) is 4.74 Å². The third-order valence-electron chi connectivity index (χ3n) is 4.92. The van der Waals surface area contributed by atoms with E-state index < -0.39 is 5.97 Å². The van der Waals surface area contributed by atoms with Crippen molar-refractivity contribution in [1.82, 2.24) is 0 Å². The Bertz CT molecular complexity index is 1370. The van der Waals surface area contributed by atoms with E-state index in [4.69, 9.17) is 13.9 Å². The minimum atomic E-state index is -0.736. The molecule has 33 heavy (non-hydrogen) atoms. The summed E-state index contributed by atoms with van der Waals surface area (Å²) in [6.45, 7) is 1.62. The van der Waals surface area contributed by atoms with Crippen molar-refractivity contribution in [3.63, 3.8) is 0 Å². The molecule has 0 aliphatic carbocycles. The second-order valence-electron chi connectivity index (χ2n) is 7.10. The van der Waals surface area contributed by atoms with Crippen LogP contribution in [-0.4, -0.2) is 25.0 Å². The first-order valence-electron chi connectivity index (χ1n) is 10.2. The first kappa shape index (κ1) is 22.5. The van der Waals surface area contributed by atoms with Crippen LogP contribution in [0.3, 0.4) is 0 Å². The predicted molar refractivity (Wildman–Crippen MR) is 128 cm³/mol. The largest absolute Gasteiger partial charge is 0.485 e. The van der Waals surface area contributed by atoms with Crippen molar-refractivity contribution in [1.29, 1.82) is 0 Å². The van der Waals surface area contributed by atoms with E-state index in [9.17, 15) is 14.4 Å². The van der Waals surface area contributed by atoms with E-state index in [1.54, 1.807) is 67.6 Å². The summed E-state index contributed by atoms with van der Waals surface area (Å²) in [4.78, 5) is 38.3. The molecule has 4 rings (SSSR count). The Balaban J connectivity index is 1.73. The molecule has 0 amide bonds. The third kappa shape index (κ3) is 4.88. The number of rotatable bonds is 7. The standard InChI is InChI=1S/C26H19BrO6/c1-2-31-26(30)25-23(17-8-10-18(27)11-9-17)24(29)20-13-12-19(14-22(20)33-25)32-15-21(28)16-6-4-3-5-7-16/h3-14H,2,15H2,1H3. The molecule has 0 bridgehead atoms. The average Bonchev–Trinajstić information content (AvgIpc) is 2.83. The summed E-state index contributed by atoms with van der Waals surface area (Å²) in [5.74, 6) is -0.773. The van der Waals surface area contributed by atoms with Gasteiger partial charge < -0.3 is 13.9 Å². The Hall–Kier alpha value is -3.71. The maximum Gasteiger partial charge on any atom is 0.375 e. The zero-order chi connectivity index (χ0) is 23.4. The molecule has 1 aromatic heterocycles. The summed E-state index contributed by atoms with van der Waals surface area (Å²) in [7, 11) is 0. The molecule has 0 radical (unpaired) electrons. The quantitative estimate of drug-likeness (QED) is 0.237. The summed E-state index contributed by atoms with van der Waals surface area (Å²) in [6, 6.07) is 20.4. The lowest BCUT2D eigenvalue weighted by molar-refractivity contribution is 0.0492. The molecule has 0 N–H and O–H groups in total. The number of carbonyl (C=O) groups excluding carboxylic acids is 2. The number of halogens is 1. The van der Waals surface area contributed by atoms with Gasteiger partial charge >= 0.3 is 5.97 Å². The second-order valence-corrected chi connectivity index (χ2v) is 8.01. The van der Waals surface area contributed by atoms with Gasteiger partial charge in [-0.2, -0.15) is 0 Å². The van der Waals surface area contributed by atoms with Crippen LogP contribution in [0, 0.1) is 0 Å². The SMILES string of the molecule is CCOC(=O)c1oc2cc(OCC(=O)c3ccccc3)ccc2c(=O)c1-c1ccc(Br)cc1. The van der Waals surface area contributed by atoms with Crippen LogP contribution in [0.4, 0.5) is 0 Å². The van der Waals surface area contributed by atoms with E-state index in [0.717, 1.165) is 4.47 Å². The lowest BCUT2D eigenvalue weighted by Gasteiger charge is -2.11. The van der Waals surface area contributed by atoms with Gasteiger partial charge in [-0.25, -0.2) is 4.79 Å². The summed E-state index contributed by atoms with van der Waals surface area (Å²) < 4.78 is 17.4. The zero-order valence-corrected chi connectivity index (χ0v) is 19.3. The highest BCUT2D eigenvalue weighted by Gasteiger charge is 2.23. The van der Waals surface area contributed by atoms with Gasteiger partial charge in [-0.3, -0.25) is 9.59 Å². The summed E-state index contributed by atoms with van der Waals surface area (Å²) >= 11 is 3.37. The van der Waals surface area contributed by atoms with Gasteiger partial charge in [0.05, 0.1) is 17.6 Å². The molecule has 0 fully saturated rings. The van der Waals surface area contributed by atoms with Crippen molar-refractivity contribution in [2.45, 2.75) is 6.92 Å². The molecule has 0 aliphatic heterocycles. The first-order chi connectivity index (χ1) is 16.0. The fourth-order valence-electron chi connectivity index (χ4n) is 3.34. The molecule has 0 spiro atoms. The van der Waals surface area contributed by atoms with Gasteiger partial charge in [0.2, 0.25) is 11.2 Å². The molecule has 0 saturated heterocycles. The topological polar surface area (TPSA) is 82.8 Å². The monoisotopic (exact) mass is 506 g/mol. The van der Waals surface area contributed by atoms with Gasteiger partial charge in [-0.1, -0.05) is 58.4 Å². The highest BCUT2D eigenvalue weighted by Crippen LogP contribution is 2.28. The average molecular weight is 507 g/mol. The molecule has 4 aromatic rings. The molecule has 6 nitrogen and oxygen atoms in total. The van der Waals surface area contributed by atoms with E-state index in [0.29, 0.717) is 16.9 Å².